The first kappa shape index (κ1) is 13.7. The van der Waals surface area contributed by atoms with E-state index < -0.39 is 0 Å². The lowest BCUT2D eigenvalue weighted by Gasteiger charge is -2.20. The van der Waals surface area contributed by atoms with Crippen LogP contribution in [0.15, 0.2) is 18.5 Å². The van der Waals surface area contributed by atoms with Gasteiger partial charge in [-0.25, -0.2) is 0 Å². The summed E-state index contributed by atoms with van der Waals surface area (Å²) in [5, 5.41) is 11.2. The second kappa shape index (κ2) is 5.30. The quantitative estimate of drug-likeness (QED) is 0.622. The van der Waals surface area contributed by atoms with E-state index >= 15 is 0 Å². The molecule has 0 fully saturated rings. The molecule has 1 rings (SSSR count). The average Bonchev–Trinajstić information content (AvgIpc) is 2.28. The van der Waals surface area contributed by atoms with Crippen LogP contribution in [-0.2, 0) is 5.41 Å². The summed E-state index contributed by atoms with van der Waals surface area (Å²) in [6.07, 6.45) is 4.63. The fraction of sp³-hybridized carbons (Fsp3) is 0.571. The molecule has 0 aromatic carbocycles. The van der Waals surface area contributed by atoms with Crippen LogP contribution in [0.1, 0.15) is 52.2 Å². The molecule has 3 heteroatoms. The summed E-state index contributed by atoms with van der Waals surface area (Å²) in [6.45, 7) is 10.6. The number of hydrogen-bond donors (Lipinski definition) is 2. The minimum Gasteiger partial charge on any atom is -0.368 e. The molecule has 0 aliphatic heterocycles. The van der Waals surface area contributed by atoms with Gasteiger partial charge in [0, 0.05) is 24.0 Å². The Morgan fingerprint density at radius 1 is 1.41 bits per heavy atom. The maximum atomic E-state index is 8.01. The lowest BCUT2D eigenvalue weighted by atomic mass is 9.87. The van der Waals surface area contributed by atoms with Crippen LogP contribution in [0.4, 0.5) is 0 Å². The Kier molecular flexibility index (Phi) is 4.27. The zero-order valence-electron chi connectivity index (χ0n) is 11.5. The third-order valence-corrected chi connectivity index (χ3v) is 2.90. The number of rotatable bonds is 3. The highest BCUT2D eigenvalue weighted by atomic mass is 15.0. The summed E-state index contributed by atoms with van der Waals surface area (Å²) >= 11 is 0. The molecule has 1 heterocycles. The second-order valence-corrected chi connectivity index (χ2v) is 5.54. The van der Waals surface area contributed by atoms with Crippen molar-refractivity contribution in [2.45, 2.75) is 52.5 Å². The molecule has 17 heavy (non-hydrogen) atoms. The maximum Gasteiger partial charge on any atom is 0.127 e. The van der Waals surface area contributed by atoms with Gasteiger partial charge in [-0.2, -0.15) is 0 Å². The van der Waals surface area contributed by atoms with Crippen LogP contribution in [-0.4, -0.2) is 16.9 Å². The Morgan fingerprint density at radius 2 is 2.06 bits per heavy atom. The van der Waals surface area contributed by atoms with Gasteiger partial charge in [0.2, 0.25) is 0 Å². The van der Waals surface area contributed by atoms with E-state index in [1.807, 2.05) is 12.3 Å². The van der Waals surface area contributed by atoms with Crippen molar-refractivity contribution in [3.8, 4) is 0 Å². The van der Waals surface area contributed by atoms with Gasteiger partial charge in [0.25, 0.3) is 0 Å². The molecule has 0 saturated heterocycles. The van der Waals surface area contributed by atoms with Gasteiger partial charge < -0.3 is 5.32 Å². The van der Waals surface area contributed by atoms with Crippen molar-refractivity contribution in [2.75, 3.05) is 0 Å². The predicted octanol–water partition coefficient (Wildman–Crippen LogP) is 3.09. The Bertz CT molecular complexity index is 391. The Labute approximate surface area is 104 Å². The van der Waals surface area contributed by atoms with Crippen LogP contribution in [0.5, 0.6) is 0 Å². The molecule has 0 spiro atoms. The van der Waals surface area contributed by atoms with E-state index in [-0.39, 0.29) is 5.41 Å². The van der Waals surface area contributed by atoms with Crippen molar-refractivity contribution in [3.63, 3.8) is 0 Å². The highest BCUT2D eigenvalue weighted by Gasteiger charge is 2.15. The lowest BCUT2D eigenvalue weighted by molar-refractivity contribution is 0.587. The number of amidine groups is 1. The van der Waals surface area contributed by atoms with E-state index in [0.29, 0.717) is 11.9 Å². The topological polar surface area (TPSA) is 48.8 Å². The predicted molar refractivity (Wildman–Crippen MR) is 72.7 cm³/mol. The molecular formula is C14H23N3. The first-order valence-corrected chi connectivity index (χ1v) is 6.15. The van der Waals surface area contributed by atoms with Crippen molar-refractivity contribution >= 4 is 5.84 Å². The van der Waals surface area contributed by atoms with Crippen molar-refractivity contribution in [1.82, 2.24) is 10.3 Å². The molecule has 1 unspecified atom stereocenters. The first-order valence-electron chi connectivity index (χ1n) is 6.15. The van der Waals surface area contributed by atoms with Crippen LogP contribution >= 0.6 is 0 Å². The second-order valence-electron chi connectivity index (χ2n) is 5.54. The van der Waals surface area contributed by atoms with Crippen molar-refractivity contribution in [1.29, 1.82) is 5.41 Å². The smallest absolute Gasteiger partial charge is 0.127 e. The Morgan fingerprint density at radius 3 is 2.59 bits per heavy atom. The Hall–Kier alpha value is -1.38. The molecule has 0 aliphatic carbocycles. The largest absolute Gasteiger partial charge is 0.368 e. The standard InChI is InChI=1S/C14H23N3/c1-6-10(2)17-13(15)11-7-12(9-16-8-11)14(3,4)5/h7-10H,6H2,1-5H3,(H2,15,17). The molecule has 1 atom stereocenters. The van der Waals surface area contributed by atoms with E-state index in [2.05, 4.69) is 44.9 Å². The minimum absolute atomic E-state index is 0.0691. The summed E-state index contributed by atoms with van der Waals surface area (Å²) in [5.74, 6) is 0.456. The van der Waals surface area contributed by atoms with Gasteiger partial charge in [0.1, 0.15) is 5.84 Å². The van der Waals surface area contributed by atoms with Crippen LogP contribution < -0.4 is 5.32 Å². The molecule has 94 valence electrons. The van der Waals surface area contributed by atoms with Gasteiger partial charge in [-0.05, 0) is 30.4 Å². The fourth-order valence-corrected chi connectivity index (χ4v) is 1.42. The fourth-order valence-electron chi connectivity index (χ4n) is 1.42. The summed E-state index contributed by atoms with van der Waals surface area (Å²) in [4.78, 5) is 4.22. The lowest BCUT2D eigenvalue weighted by Crippen LogP contribution is -2.32. The Balaban J connectivity index is 2.89. The molecule has 1 aromatic rings. The van der Waals surface area contributed by atoms with Gasteiger partial charge >= 0.3 is 0 Å². The first-order chi connectivity index (χ1) is 7.84. The van der Waals surface area contributed by atoms with Gasteiger partial charge in [-0.1, -0.05) is 27.7 Å². The third kappa shape index (κ3) is 3.84. The van der Waals surface area contributed by atoms with Crippen LogP contribution in [0.3, 0.4) is 0 Å². The number of nitrogens with zero attached hydrogens (tertiary/aromatic N) is 1. The van der Waals surface area contributed by atoms with Crippen molar-refractivity contribution < 1.29 is 0 Å². The van der Waals surface area contributed by atoms with Gasteiger partial charge in [0.15, 0.2) is 0 Å². The minimum atomic E-state index is 0.0691. The van der Waals surface area contributed by atoms with Crippen LogP contribution in [0.25, 0.3) is 0 Å². The average molecular weight is 233 g/mol. The molecule has 0 saturated carbocycles. The maximum absolute atomic E-state index is 8.01. The summed E-state index contributed by atoms with van der Waals surface area (Å²) in [7, 11) is 0. The van der Waals surface area contributed by atoms with E-state index in [9.17, 15) is 0 Å². The summed E-state index contributed by atoms with van der Waals surface area (Å²) in [6, 6.07) is 2.37. The third-order valence-electron chi connectivity index (χ3n) is 2.90. The van der Waals surface area contributed by atoms with Crippen molar-refractivity contribution in [2.24, 2.45) is 0 Å². The van der Waals surface area contributed by atoms with Gasteiger partial charge in [0.05, 0.1) is 0 Å². The van der Waals surface area contributed by atoms with E-state index in [1.54, 1.807) is 6.20 Å². The van der Waals surface area contributed by atoms with Crippen molar-refractivity contribution in [3.05, 3.63) is 29.6 Å². The summed E-state index contributed by atoms with van der Waals surface area (Å²) < 4.78 is 0. The van der Waals surface area contributed by atoms with Crippen LogP contribution in [0, 0.1) is 5.41 Å². The van der Waals surface area contributed by atoms with E-state index in [1.165, 1.54) is 0 Å². The molecule has 3 nitrogen and oxygen atoms in total. The number of nitrogens with one attached hydrogen (secondary N) is 2. The highest BCUT2D eigenvalue weighted by Crippen LogP contribution is 2.21. The summed E-state index contributed by atoms with van der Waals surface area (Å²) in [5.41, 5.74) is 2.09. The van der Waals surface area contributed by atoms with Gasteiger partial charge in [-0.3, -0.25) is 10.4 Å². The molecule has 0 radical (unpaired) electrons. The molecule has 0 aliphatic rings. The molecule has 0 bridgehead atoms. The van der Waals surface area contributed by atoms with Gasteiger partial charge in [-0.15, -0.1) is 0 Å². The highest BCUT2D eigenvalue weighted by molar-refractivity contribution is 5.96. The molecule has 0 amide bonds. The number of aromatic nitrogens is 1. The zero-order valence-corrected chi connectivity index (χ0v) is 11.5. The number of pyridine rings is 1. The monoisotopic (exact) mass is 233 g/mol. The molecular weight excluding hydrogens is 210 g/mol. The molecule has 2 N–H and O–H groups in total. The number of hydrogen-bond acceptors (Lipinski definition) is 2. The normalized spacial score (nSPS) is 13.2. The molecule has 1 aromatic heterocycles. The van der Waals surface area contributed by atoms with Crippen LogP contribution in [0.2, 0.25) is 0 Å². The van der Waals surface area contributed by atoms with E-state index in [0.717, 1.165) is 17.5 Å². The zero-order chi connectivity index (χ0) is 13.1. The van der Waals surface area contributed by atoms with E-state index in [4.69, 9.17) is 5.41 Å². The SMILES string of the molecule is CCC(C)NC(=N)c1cncc(C(C)(C)C)c1.